The van der Waals surface area contributed by atoms with Crippen molar-refractivity contribution in [3.05, 3.63) is 24.3 Å². The van der Waals surface area contributed by atoms with E-state index in [-0.39, 0.29) is 6.04 Å². The summed E-state index contributed by atoms with van der Waals surface area (Å²) in [6, 6.07) is 0.233. The Morgan fingerprint density at radius 2 is 2.26 bits per heavy atom. The van der Waals surface area contributed by atoms with Crippen molar-refractivity contribution in [1.29, 1.82) is 0 Å². The number of methoxy groups -OCH3 is 1. The van der Waals surface area contributed by atoms with Crippen molar-refractivity contribution in [3.63, 3.8) is 0 Å². The highest BCUT2D eigenvalue weighted by Crippen LogP contribution is 2.21. The summed E-state index contributed by atoms with van der Waals surface area (Å²) in [7, 11) is 3.63. The van der Waals surface area contributed by atoms with Crippen LogP contribution in [0.15, 0.2) is 18.6 Å². The Bertz CT molecular complexity index is 531. The molecule has 1 unspecified atom stereocenters. The summed E-state index contributed by atoms with van der Waals surface area (Å²) in [6.45, 7) is 4.84. The molecule has 2 heterocycles. The minimum absolute atomic E-state index is 0.233. The van der Waals surface area contributed by atoms with E-state index < -0.39 is 0 Å². The monoisotopic (exact) mass is 263 g/mol. The van der Waals surface area contributed by atoms with Crippen LogP contribution in [-0.4, -0.2) is 33.0 Å². The maximum absolute atomic E-state index is 5.19. The molecule has 0 saturated carbocycles. The number of ether oxygens (including phenoxy) is 1. The number of rotatable bonds is 6. The summed E-state index contributed by atoms with van der Waals surface area (Å²) in [5.74, 6) is 0.812. The van der Waals surface area contributed by atoms with Crippen LogP contribution < -0.4 is 5.32 Å². The first-order chi connectivity index (χ1) is 9.15. The Balaban J connectivity index is 2.21. The first-order valence-electron chi connectivity index (χ1n) is 6.47. The molecule has 6 heteroatoms. The zero-order chi connectivity index (χ0) is 13.8. The highest BCUT2D eigenvalue weighted by Gasteiger charge is 2.12. The molecule has 0 aliphatic rings. The van der Waals surface area contributed by atoms with E-state index in [1.165, 1.54) is 0 Å². The fraction of sp³-hybridized carbons (Fsp3) is 0.538. The van der Waals surface area contributed by atoms with Crippen LogP contribution in [0.1, 0.15) is 25.6 Å². The zero-order valence-corrected chi connectivity index (χ0v) is 11.9. The smallest absolute Gasteiger partial charge is 0.207 e. The maximum atomic E-state index is 5.19. The van der Waals surface area contributed by atoms with Gasteiger partial charge in [-0.25, -0.2) is 4.98 Å². The Morgan fingerprint density at radius 1 is 1.47 bits per heavy atom. The lowest BCUT2D eigenvalue weighted by Gasteiger charge is -2.15. The lowest BCUT2D eigenvalue weighted by Crippen LogP contribution is -2.13. The van der Waals surface area contributed by atoms with Gasteiger partial charge < -0.3 is 14.6 Å². The predicted octanol–water partition coefficient (Wildman–Crippen LogP) is 2.13. The lowest BCUT2D eigenvalue weighted by molar-refractivity contribution is 0.163. The fourth-order valence-electron chi connectivity index (χ4n) is 2.11. The quantitative estimate of drug-likeness (QED) is 0.867. The molecule has 0 spiro atoms. The topological polar surface area (TPSA) is 56.9 Å². The van der Waals surface area contributed by atoms with Gasteiger partial charge in [-0.05, 0) is 13.3 Å². The van der Waals surface area contributed by atoms with Gasteiger partial charge in [0.1, 0.15) is 0 Å². The average Bonchev–Trinajstić information content (AvgIpc) is 2.96. The highest BCUT2D eigenvalue weighted by atomic mass is 16.5. The van der Waals surface area contributed by atoms with E-state index in [1.807, 2.05) is 24.1 Å². The molecule has 0 saturated heterocycles. The first kappa shape index (κ1) is 13.6. The normalized spacial score (nSPS) is 12.6. The number of nitrogens with zero attached hydrogens (tertiary/aromatic N) is 4. The molecule has 0 radical (unpaired) electrons. The van der Waals surface area contributed by atoms with Gasteiger partial charge in [0.15, 0.2) is 0 Å². The second-order valence-electron chi connectivity index (χ2n) is 4.60. The molecule has 6 nitrogen and oxygen atoms in total. The molecular weight excluding hydrogens is 242 g/mol. The Hall–Kier alpha value is -1.82. The molecule has 0 aliphatic carbocycles. The van der Waals surface area contributed by atoms with Crippen LogP contribution in [0.3, 0.4) is 0 Å². The highest BCUT2D eigenvalue weighted by molar-refractivity contribution is 5.55. The molecule has 1 N–H and O–H groups in total. The standard InChI is InChI=1S/C13H21N5O/c1-5-11-12(8-17(3)16-11)15-13-14-6-7-18(13)10(2)9-19-4/h6-8,10H,5,9H2,1-4H3,(H,14,15). The minimum atomic E-state index is 0.233. The largest absolute Gasteiger partial charge is 0.383 e. The Kier molecular flexibility index (Phi) is 4.21. The molecular formula is C13H21N5O. The van der Waals surface area contributed by atoms with Gasteiger partial charge in [0, 0.05) is 32.7 Å². The predicted molar refractivity (Wildman–Crippen MR) is 74.7 cm³/mol. The minimum Gasteiger partial charge on any atom is -0.383 e. The zero-order valence-electron chi connectivity index (χ0n) is 11.9. The summed E-state index contributed by atoms with van der Waals surface area (Å²) in [4.78, 5) is 4.36. The third-order valence-corrected chi connectivity index (χ3v) is 3.04. The van der Waals surface area contributed by atoms with E-state index in [4.69, 9.17) is 4.74 Å². The van der Waals surface area contributed by atoms with Crippen molar-refractivity contribution in [2.75, 3.05) is 19.0 Å². The Labute approximate surface area is 113 Å². The van der Waals surface area contributed by atoms with Gasteiger partial charge in [0.2, 0.25) is 5.95 Å². The van der Waals surface area contributed by atoms with Gasteiger partial charge in [-0.15, -0.1) is 0 Å². The van der Waals surface area contributed by atoms with Gasteiger partial charge in [-0.2, -0.15) is 5.10 Å². The van der Waals surface area contributed by atoms with Crippen LogP contribution in [0.4, 0.5) is 11.6 Å². The summed E-state index contributed by atoms with van der Waals surface area (Å²) >= 11 is 0. The van der Waals surface area contributed by atoms with Crippen LogP contribution in [0.5, 0.6) is 0 Å². The number of hydrogen-bond donors (Lipinski definition) is 1. The number of aromatic nitrogens is 4. The van der Waals surface area contributed by atoms with Crippen LogP contribution in [0, 0.1) is 0 Å². The average molecular weight is 263 g/mol. The third kappa shape index (κ3) is 2.96. The summed E-state index contributed by atoms with van der Waals surface area (Å²) in [6.07, 6.45) is 6.60. The van der Waals surface area contributed by atoms with E-state index in [1.54, 1.807) is 13.3 Å². The number of hydrogen-bond acceptors (Lipinski definition) is 4. The van der Waals surface area contributed by atoms with Crippen molar-refractivity contribution in [3.8, 4) is 0 Å². The Morgan fingerprint density at radius 3 is 2.95 bits per heavy atom. The molecule has 104 valence electrons. The molecule has 2 rings (SSSR count). The van der Waals surface area contributed by atoms with Crippen molar-refractivity contribution in [1.82, 2.24) is 19.3 Å². The number of imidazole rings is 1. The second-order valence-corrected chi connectivity index (χ2v) is 4.60. The molecule has 0 bridgehead atoms. The number of aryl methyl sites for hydroxylation is 2. The maximum Gasteiger partial charge on any atom is 0.207 e. The van der Waals surface area contributed by atoms with Crippen molar-refractivity contribution >= 4 is 11.6 Å². The molecule has 2 aromatic heterocycles. The van der Waals surface area contributed by atoms with E-state index in [9.17, 15) is 0 Å². The van der Waals surface area contributed by atoms with E-state index in [0.717, 1.165) is 23.8 Å². The molecule has 0 aliphatic heterocycles. The van der Waals surface area contributed by atoms with Crippen LogP contribution in [-0.2, 0) is 18.2 Å². The van der Waals surface area contributed by atoms with Crippen molar-refractivity contribution < 1.29 is 4.74 Å². The van der Waals surface area contributed by atoms with Gasteiger partial charge in [0.05, 0.1) is 24.0 Å². The SMILES string of the molecule is CCc1nn(C)cc1Nc1nccn1C(C)COC. The summed E-state index contributed by atoms with van der Waals surface area (Å²) < 4.78 is 9.07. The van der Waals surface area contributed by atoms with Crippen LogP contribution in [0.2, 0.25) is 0 Å². The van der Waals surface area contributed by atoms with Gasteiger partial charge in [-0.3, -0.25) is 4.68 Å². The van der Waals surface area contributed by atoms with Crippen LogP contribution in [0.25, 0.3) is 0 Å². The van der Waals surface area contributed by atoms with E-state index >= 15 is 0 Å². The summed E-state index contributed by atoms with van der Waals surface area (Å²) in [5, 5.41) is 7.76. The molecule has 1 atom stereocenters. The van der Waals surface area contributed by atoms with Gasteiger partial charge in [-0.1, -0.05) is 6.92 Å². The molecule has 19 heavy (non-hydrogen) atoms. The first-order valence-corrected chi connectivity index (χ1v) is 6.47. The van der Waals surface area contributed by atoms with E-state index in [0.29, 0.717) is 6.61 Å². The summed E-state index contributed by atoms with van der Waals surface area (Å²) in [5.41, 5.74) is 2.04. The van der Waals surface area contributed by atoms with E-state index in [2.05, 4.69) is 33.8 Å². The van der Waals surface area contributed by atoms with Crippen LogP contribution >= 0.6 is 0 Å². The molecule has 0 amide bonds. The second kappa shape index (κ2) is 5.88. The third-order valence-electron chi connectivity index (χ3n) is 3.04. The lowest BCUT2D eigenvalue weighted by atomic mass is 10.3. The number of anilines is 2. The number of nitrogens with one attached hydrogen (secondary N) is 1. The van der Waals surface area contributed by atoms with Crippen molar-refractivity contribution in [2.24, 2.45) is 7.05 Å². The molecule has 0 aromatic carbocycles. The molecule has 2 aromatic rings. The fourth-order valence-corrected chi connectivity index (χ4v) is 2.11. The van der Waals surface area contributed by atoms with Gasteiger partial charge >= 0.3 is 0 Å². The van der Waals surface area contributed by atoms with Crippen molar-refractivity contribution in [2.45, 2.75) is 26.3 Å². The molecule has 0 fully saturated rings. The van der Waals surface area contributed by atoms with Gasteiger partial charge in [0.25, 0.3) is 0 Å².